The van der Waals surface area contributed by atoms with Crippen molar-refractivity contribution in [3.8, 4) is 0 Å². The van der Waals surface area contributed by atoms with Gasteiger partial charge in [0, 0.05) is 6.54 Å². The molecule has 0 aliphatic rings. The molecule has 3 nitrogen and oxygen atoms in total. The first kappa shape index (κ1) is 12.9. The van der Waals surface area contributed by atoms with Gasteiger partial charge in [0.25, 0.3) is 0 Å². The lowest BCUT2D eigenvalue weighted by molar-refractivity contribution is -0.118. The molecule has 16 heavy (non-hydrogen) atoms. The molecule has 0 unspecified atom stereocenters. The number of amides is 1. The van der Waals surface area contributed by atoms with Gasteiger partial charge in [-0.2, -0.15) is 0 Å². The van der Waals surface area contributed by atoms with E-state index in [0.717, 1.165) is 5.56 Å². The Kier molecular flexibility index (Phi) is 4.71. The minimum atomic E-state index is -0.420. The molecule has 1 rings (SSSR count). The number of nitrogens with two attached hydrogens (primary N) is 1. The summed E-state index contributed by atoms with van der Waals surface area (Å²) in [5.74, 6) is -0.782. The Morgan fingerprint density at radius 3 is 2.81 bits per heavy atom. The third-order valence-electron chi connectivity index (χ3n) is 2.19. The molecule has 0 aromatic heterocycles. The highest BCUT2D eigenvalue weighted by molar-refractivity contribution is 6.30. The molecule has 1 aromatic rings. The van der Waals surface area contributed by atoms with Crippen LogP contribution in [0.25, 0.3) is 0 Å². The zero-order chi connectivity index (χ0) is 12.1. The van der Waals surface area contributed by atoms with Gasteiger partial charge in [0.05, 0.1) is 11.6 Å². The van der Waals surface area contributed by atoms with E-state index in [4.69, 9.17) is 17.3 Å². The van der Waals surface area contributed by atoms with E-state index in [1.165, 1.54) is 6.07 Å². The number of hydrogen-bond donors (Lipinski definition) is 1. The van der Waals surface area contributed by atoms with Crippen molar-refractivity contribution in [2.24, 2.45) is 5.73 Å². The van der Waals surface area contributed by atoms with Crippen LogP contribution in [0.4, 0.5) is 4.39 Å². The monoisotopic (exact) mass is 244 g/mol. The van der Waals surface area contributed by atoms with Crippen molar-refractivity contribution in [2.45, 2.75) is 6.42 Å². The molecular formula is C11H14ClFN2O. The predicted octanol–water partition coefficient (Wildman–Crippen LogP) is 1.44. The molecule has 0 spiro atoms. The standard InChI is InChI=1S/C11H14ClFN2O/c1-15(7-11(14)16)5-4-8-2-3-10(13)9(12)6-8/h2-3,6H,4-5,7H2,1H3,(H2,14,16). The largest absolute Gasteiger partial charge is 0.369 e. The predicted molar refractivity (Wildman–Crippen MR) is 61.8 cm³/mol. The number of primary amides is 1. The zero-order valence-corrected chi connectivity index (χ0v) is 9.80. The number of likely N-dealkylation sites (N-methyl/N-ethyl adjacent to an activating group) is 1. The lowest BCUT2D eigenvalue weighted by Crippen LogP contribution is -2.32. The van der Waals surface area contributed by atoms with Crippen LogP contribution in [0.5, 0.6) is 0 Å². The normalized spacial score (nSPS) is 10.8. The smallest absolute Gasteiger partial charge is 0.231 e. The molecule has 1 aromatic carbocycles. The van der Waals surface area contributed by atoms with E-state index in [0.29, 0.717) is 13.0 Å². The van der Waals surface area contributed by atoms with Crippen LogP contribution in [0.2, 0.25) is 5.02 Å². The molecule has 0 aliphatic heterocycles. The summed E-state index contributed by atoms with van der Waals surface area (Å²) in [6.45, 7) is 0.889. The second-order valence-electron chi connectivity index (χ2n) is 3.70. The van der Waals surface area contributed by atoms with Gasteiger partial charge < -0.3 is 5.73 Å². The maximum atomic E-state index is 12.9. The fourth-order valence-electron chi connectivity index (χ4n) is 1.36. The van der Waals surface area contributed by atoms with Gasteiger partial charge in [-0.3, -0.25) is 9.69 Å². The molecular weight excluding hydrogens is 231 g/mol. The number of rotatable bonds is 5. The molecule has 0 saturated heterocycles. The van der Waals surface area contributed by atoms with Crippen molar-refractivity contribution < 1.29 is 9.18 Å². The summed E-state index contributed by atoms with van der Waals surface area (Å²) in [5, 5.41) is 0.120. The summed E-state index contributed by atoms with van der Waals surface area (Å²) < 4.78 is 12.9. The van der Waals surface area contributed by atoms with Crippen LogP contribution in [-0.2, 0) is 11.2 Å². The van der Waals surface area contributed by atoms with Crippen molar-refractivity contribution >= 4 is 17.5 Å². The topological polar surface area (TPSA) is 46.3 Å². The highest BCUT2D eigenvalue weighted by Gasteiger charge is 2.04. The summed E-state index contributed by atoms with van der Waals surface area (Å²) in [5.41, 5.74) is 5.99. The summed E-state index contributed by atoms with van der Waals surface area (Å²) in [6.07, 6.45) is 0.698. The van der Waals surface area contributed by atoms with Crippen molar-refractivity contribution in [3.05, 3.63) is 34.6 Å². The first-order valence-electron chi connectivity index (χ1n) is 4.90. The quantitative estimate of drug-likeness (QED) is 0.852. The van der Waals surface area contributed by atoms with Crippen molar-refractivity contribution in [1.82, 2.24) is 4.90 Å². The highest BCUT2D eigenvalue weighted by atomic mass is 35.5. The first-order valence-corrected chi connectivity index (χ1v) is 5.27. The van der Waals surface area contributed by atoms with Crippen LogP contribution < -0.4 is 5.73 Å². The molecule has 5 heteroatoms. The lowest BCUT2D eigenvalue weighted by Gasteiger charge is -2.14. The van der Waals surface area contributed by atoms with Gasteiger partial charge in [-0.1, -0.05) is 17.7 Å². The van der Waals surface area contributed by atoms with Crippen LogP contribution in [0, 0.1) is 5.82 Å². The Hall–Kier alpha value is -1.13. The maximum absolute atomic E-state index is 12.9. The molecule has 0 radical (unpaired) electrons. The average Bonchev–Trinajstić information content (AvgIpc) is 2.19. The number of benzene rings is 1. The van der Waals surface area contributed by atoms with Crippen LogP contribution >= 0.6 is 11.6 Å². The average molecular weight is 245 g/mol. The SMILES string of the molecule is CN(CCc1ccc(F)c(Cl)c1)CC(N)=O. The van der Waals surface area contributed by atoms with E-state index in [2.05, 4.69) is 0 Å². The number of nitrogens with zero attached hydrogens (tertiary/aromatic N) is 1. The molecule has 1 amide bonds. The zero-order valence-electron chi connectivity index (χ0n) is 9.04. The Labute approximate surface area is 99.0 Å². The summed E-state index contributed by atoms with van der Waals surface area (Å²) in [6, 6.07) is 4.61. The van der Waals surface area contributed by atoms with Gasteiger partial charge in [-0.05, 0) is 31.2 Å². The summed E-state index contributed by atoms with van der Waals surface area (Å²) >= 11 is 5.65. The molecule has 88 valence electrons. The minimum absolute atomic E-state index is 0.120. The fourth-order valence-corrected chi connectivity index (χ4v) is 1.56. The van der Waals surface area contributed by atoms with Gasteiger partial charge in [-0.15, -0.1) is 0 Å². The summed E-state index contributed by atoms with van der Waals surface area (Å²) in [4.78, 5) is 12.4. The number of hydrogen-bond acceptors (Lipinski definition) is 2. The Morgan fingerprint density at radius 2 is 2.25 bits per heavy atom. The van der Waals surface area contributed by atoms with Crippen LogP contribution in [0.3, 0.4) is 0 Å². The van der Waals surface area contributed by atoms with Crippen molar-refractivity contribution in [2.75, 3.05) is 20.1 Å². The van der Waals surface area contributed by atoms with Crippen molar-refractivity contribution in [3.63, 3.8) is 0 Å². The Bertz CT molecular complexity index is 384. The van der Waals surface area contributed by atoms with Crippen LogP contribution in [0.15, 0.2) is 18.2 Å². The van der Waals surface area contributed by atoms with E-state index in [-0.39, 0.29) is 17.5 Å². The lowest BCUT2D eigenvalue weighted by atomic mass is 10.1. The maximum Gasteiger partial charge on any atom is 0.231 e. The van der Waals surface area contributed by atoms with Crippen molar-refractivity contribution in [1.29, 1.82) is 0 Å². The molecule has 0 atom stereocenters. The van der Waals surface area contributed by atoms with Crippen LogP contribution in [-0.4, -0.2) is 30.9 Å². The van der Waals surface area contributed by atoms with E-state index in [1.54, 1.807) is 24.1 Å². The minimum Gasteiger partial charge on any atom is -0.369 e. The van der Waals surface area contributed by atoms with E-state index in [9.17, 15) is 9.18 Å². The number of halogens is 2. The fraction of sp³-hybridized carbons (Fsp3) is 0.364. The van der Waals surface area contributed by atoms with E-state index >= 15 is 0 Å². The molecule has 0 bridgehead atoms. The van der Waals surface area contributed by atoms with Gasteiger partial charge in [0.2, 0.25) is 5.91 Å². The van der Waals surface area contributed by atoms with Gasteiger partial charge in [-0.25, -0.2) is 4.39 Å². The third-order valence-corrected chi connectivity index (χ3v) is 2.48. The molecule has 2 N–H and O–H groups in total. The second-order valence-corrected chi connectivity index (χ2v) is 4.11. The van der Waals surface area contributed by atoms with Gasteiger partial charge in [0.15, 0.2) is 0 Å². The Morgan fingerprint density at radius 1 is 1.56 bits per heavy atom. The summed E-state index contributed by atoms with van der Waals surface area (Å²) in [7, 11) is 1.80. The molecule has 0 aliphatic carbocycles. The van der Waals surface area contributed by atoms with Gasteiger partial charge in [0.1, 0.15) is 5.82 Å². The van der Waals surface area contributed by atoms with E-state index < -0.39 is 5.82 Å². The molecule has 0 saturated carbocycles. The number of carbonyl (C=O) groups excluding carboxylic acids is 1. The molecule has 0 fully saturated rings. The molecule has 0 heterocycles. The second kappa shape index (κ2) is 5.82. The van der Waals surface area contributed by atoms with Crippen LogP contribution in [0.1, 0.15) is 5.56 Å². The highest BCUT2D eigenvalue weighted by Crippen LogP contribution is 2.16. The van der Waals surface area contributed by atoms with Gasteiger partial charge >= 0.3 is 0 Å². The van der Waals surface area contributed by atoms with E-state index in [1.807, 2.05) is 0 Å². The number of carbonyl (C=O) groups is 1. The Balaban J connectivity index is 2.48. The first-order chi connectivity index (χ1) is 7.49. The third kappa shape index (κ3) is 4.16.